The van der Waals surface area contributed by atoms with E-state index in [2.05, 4.69) is 23.2 Å². The molecule has 1 heterocycles. The Morgan fingerprint density at radius 1 is 1.07 bits per heavy atom. The highest BCUT2D eigenvalue weighted by atomic mass is 16.5. The van der Waals surface area contributed by atoms with E-state index in [1.165, 1.54) is 0 Å². The van der Waals surface area contributed by atoms with Crippen molar-refractivity contribution in [2.75, 3.05) is 6.61 Å². The number of imide groups is 1. The lowest BCUT2D eigenvalue weighted by atomic mass is 9.63. The molecule has 6 atom stereocenters. The van der Waals surface area contributed by atoms with Gasteiger partial charge in [0.15, 0.2) is 0 Å². The zero-order chi connectivity index (χ0) is 20.4. The topological polar surface area (TPSA) is 59.0 Å². The van der Waals surface area contributed by atoms with Gasteiger partial charge in [0.25, 0.3) is 11.8 Å². The van der Waals surface area contributed by atoms with E-state index in [0.29, 0.717) is 23.1 Å². The number of carbonyl (C=O) groups is 2. The monoisotopic (exact) mass is 396 g/mol. The van der Waals surface area contributed by atoms with Crippen LogP contribution in [-0.4, -0.2) is 29.6 Å². The lowest BCUT2D eigenvalue weighted by Gasteiger charge is -2.37. The number of hydrogen-bond acceptors (Lipinski definition) is 4. The normalized spacial score (nSPS) is 33.1. The summed E-state index contributed by atoms with van der Waals surface area (Å²) in [6.45, 7) is 0.128. The van der Waals surface area contributed by atoms with Crippen LogP contribution in [0, 0.1) is 47.9 Å². The Kier molecular flexibility index (Phi) is 3.67. The number of hydrogen-bond donors (Lipinski definition) is 0. The van der Waals surface area contributed by atoms with Crippen molar-refractivity contribution in [1.29, 1.82) is 0 Å². The number of terminal acetylenes is 1. The number of fused-ring (bicyclic) bond motifs is 1. The second kappa shape index (κ2) is 6.30. The smallest absolute Gasteiger partial charge is 0.254 e. The fraction of sp³-hybridized carbons (Fsp3) is 0.320. The van der Waals surface area contributed by atoms with Crippen molar-refractivity contribution in [3.05, 3.63) is 54.1 Å². The van der Waals surface area contributed by atoms with Crippen molar-refractivity contribution in [3.63, 3.8) is 0 Å². The number of hydrazone groups is 1. The van der Waals surface area contributed by atoms with Crippen LogP contribution in [0.2, 0.25) is 0 Å². The predicted octanol–water partition coefficient (Wildman–Crippen LogP) is 3.24. The van der Waals surface area contributed by atoms with E-state index in [1.807, 2.05) is 36.4 Å². The SMILES string of the molecule is C#CCOc1ccc2ccccc2c1/C=N\N1C(=O)[C@@H]2[C@H]3C=C[C@@H]([C@@H]4C[C@H]34)[C@@H]2C1=O. The third kappa shape index (κ3) is 2.34. The Hall–Kier alpha value is -3.39. The molecule has 148 valence electrons. The van der Waals surface area contributed by atoms with Crippen molar-refractivity contribution in [2.45, 2.75) is 6.42 Å². The van der Waals surface area contributed by atoms with E-state index in [4.69, 9.17) is 11.2 Å². The molecule has 2 amide bonds. The molecule has 2 bridgehead atoms. The van der Waals surface area contributed by atoms with Crippen LogP contribution in [0.15, 0.2) is 53.7 Å². The second-order valence-electron chi connectivity index (χ2n) is 8.58. The van der Waals surface area contributed by atoms with Crippen molar-refractivity contribution in [1.82, 2.24) is 5.01 Å². The zero-order valence-electron chi connectivity index (χ0n) is 16.3. The first-order chi connectivity index (χ1) is 14.7. The molecule has 0 N–H and O–H groups in total. The van der Waals surface area contributed by atoms with Crippen LogP contribution in [0.3, 0.4) is 0 Å². The summed E-state index contributed by atoms with van der Waals surface area (Å²) in [6, 6.07) is 11.6. The quantitative estimate of drug-likeness (QED) is 0.345. The molecule has 4 aliphatic carbocycles. The summed E-state index contributed by atoms with van der Waals surface area (Å²) < 4.78 is 5.70. The minimum atomic E-state index is -0.252. The molecule has 5 aliphatic rings. The van der Waals surface area contributed by atoms with Crippen LogP contribution in [0.5, 0.6) is 5.75 Å². The maximum absolute atomic E-state index is 13.1. The van der Waals surface area contributed by atoms with Gasteiger partial charge in [0, 0.05) is 5.56 Å². The average molecular weight is 396 g/mol. The van der Waals surface area contributed by atoms with Crippen LogP contribution < -0.4 is 4.74 Å². The van der Waals surface area contributed by atoms with Gasteiger partial charge in [-0.25, -0.2) is 0 Å². The Morgan fingerprint density at radius 2 is 1.77 bits per heavy atom. The van der Waals surface area contributed by atoms with Crippen molar-refractivity contribution in [2.24, 2.45) is 40.6 Å². The molecule has 1 aliphatic heterocycles. The first-order valence-electron chi connectivity index (χ1n) is 10.4. The Bertz CT molecular complexity index is 1150. The summed E-state index contributed by atoms with van der Waals surface area (Å²) >= 11 is 0. The van der Waals surface area contributed by atoms with Crippen molar-refractivity contribution >= 4 is 28.8 Å². The Balaban J connectivity index is 1.37. The molecule has 2 saturated carbocycles. The molecule has 1 saturated heterocycles. The number of benzene rings is 2. The summed E-state index contributed by atoms with van der Waals surface area (Å²) in [6.07, 6.45) is 12.4. The van der Waals surface area contributed by atoms with Gasteiger partial charge in [-0.05, 0) is 46.9 Å². The average Bonchev–Trinajstić information content (AvgIpc) is 3.56. The molecular weight excluding hydrogens is 376 g/mol. The van der Waals surface area contributed by atoms with Gasteiger partial charge < -0.3 is 4.74 Å². The molecule has 2 aromatic rings. The fourth-order valence-corrected chi connectivity index (χ4v) is 5.82. The largest absolute Gasteiger partial charge is 0.480 e. The lowest BCUT2D eigenvalue weighted by molar-refractivity contribution is -0.140. The second-order valence-corrected chi connectivity index (χ2v) is 8.58. The lowest BCUT2D eigenvalue weighted by Crippen LogP contribution is -2.40. The van der Waals surface area contributed by atoms with Crippen LogP contribution in [0.4, 0.5) is 0 Å². The van der Waals surface area contributed by atoms with Gasteiger partial charge in [-0.3, -0.25) is 9.59 Å². The number of ether oxygens (including phenoxy) is 1. The summed E-state index contributed by atoms with van der Waals surface area (Å²) in [7, 11) is 0. The Morgan fingerprint density at radius 3 is 2.47 bits per heavy atom. The third-order valence-electron chi connectivity index (χ3n) is 7.18. The molecular formula is C25H20N2O3. The highest BCUT2D eigenvalue weighted by Crippen LogP contribution is 2.65. The number of nitrogens with zero attached hydrogens (tertiary/aromatic N) is 2. The minimum absolute atomic E-state index is 0.128. The van der Waals surface area contributed by atoms with Gasteiger partial charge in [0.2, 0.25) is 0 Å². The molecule has 0 spiro atoms. The van der Waals surface area contributed by atoms with E-state index in [9.17, 15) is 9.59 Å². The van der Waals surface area contributed by atoms with Crippen LogP contribution in [-0.2, 0) is 9.59 Å². The van der Waals surface area contributed by atoms with Gasteiger partial charge >= 0.3 is 0 Å². The maximum Gasteiger partial charge on any atom is 0.254 e. The van der Waals surface area contributed by atoms with Gasteiger partial charge in [-0.2, -0.15) is 10.1 Å². The van der Waals surface area contributed by atoms with E-state index in [0.717, 1.165) is 22.2 Å². The van der Waals surface area contributed by atoms with Crippen molar-refractivity contribution < 1.29 is 14.3 Å². The summed E-state index contributed by atoms with van der Waals surface area (Å²) in [5, 5.41) is 7.42. The Labute approximate surface area is 174 Å². The molecule has 30 heavy (non-hydrogen) atoms. The predicted molar refractivity (Wildman–Crippen MR) is 112 cm³/mol. The highest BCUT2D eigenvalue weighted by molar-refractivity contribution is 6.08. The molecule has 3 fully saturated rings. The molecule has 0 radical (unpaired) electrons. The van der Waals surface area contributed by atoms with Crippen LogP contribution in [0.1, 0.15) is 12.0 Å². The zero-order valence-corrected chi connectivity index (χ0v) is 16.3. The molecule has 2 aromatic carbocycles. The van der Waals surface area contributed by atoms with Gasteiger partial charge in [-0.15, -0.1) is 6.42 Å². The third-order valence-corrected chi connectivity index (χ3v) is 7.18. The summed E-state index contributed by atoms with van der Waals surface area (Å²) in [5.74, 6) is 3.73. The van der Waals surface area contributed by atoms with Crippen LogP contribution in [0.25, 0.3) is 10.8 Å². The van der Waals surface area contributed by atoms with E-state index < -0.39 is 0 Å². The van der Waals surface area contributed by atoms with Crippen molar-refractivity contribution in [3.8, 4) is 18.1 Å². The van der Waals surface area contributed by atoms with E-state index >= 15 is 0 Å². The number of amides is 2. The molecule has 5 heteroatoms. The minimum Gasteiger partial charge on any atom is -0.480 e. The number of rotatable bonds is 4. The summed E-state index contributed by atoms with van der Waals surface area (Å²) in [5.41, 5.74) is 0.711. The standard InChI is InChI=1S/C25H20N2O3/c1-2-11-30-21-10-7-14-5-3-4-6-15(14)20(21)13-26-27-24(28)22-16-8-9-17(19-12-18(16)19)23(22)25(27)29/h1,3-10,13,16-19,22-23H,11-12H2/b26-13-/t16-,17-,18-,19+,22-,23+/m0/s1. The molecule has 7 rings (SSSR count). The molecule has 0 unspecified atom stereocenters. The maximum atomic E-state index is 13.1. The highest BCUT2D eigenvalue weighted by Gasteiger charge is 2.67. The number of allylic oxidation sites excluding steroid dienone is 2. The van der Waals surface area contributed by atoms with Crippen LogP contribution >= 0.6 is 0 Å². The van der Waals surface area contributed by atoms with E-state index in [1.54, 1.807) is 6.21 Å². The molecule has 5 nitrogen and oxygen atoms in total. The van der Waals surface area contributed by atoms with Gasteiger partial charge in [0.1, 0.15) is 12.4 Å². The van der Waals surface area contributed by atoms with Gasteiger partial charge in [-0.1, -0.05) is 48.4 Å². The fourth-order valence-electron chi connectivity index (χ4n) is 5.82. The summed E-state index contributed by atoms with van der Waals surface area (Å²) in [4.78, 5) is 26.3. The number of carbonyl (C=O) groups excluding carboxylic acids is 2. The first kappa shape index (κ1) is 17.5. The van der Waals surface area contributed by atoms with E-state index in [-0.39, 0.29) is 42.1 Å². The molecule has 0 aromatic heterocycles. The van der Waals surface area contributed by atoms with Gasteiger partial charge in [0.05, 0.1) is 18.1 Å². The first-order valence-corrected chi connectivity index (χ1v) is 10.4.